The Morgan fingerprint density at radius 2 is 1.82 bits per heavy atom. The van der Waals surface area contributed by atoms with E-state index in [1.807, 2.05) is 18.2 Å². The minimum atomic E-state index is -1.06. The number of thioether (sulfide) groups is 1. The number of hydrogen-bond acceptors (Lipinski definition) is 10. The Labute approximate surface area is 241 Å². The third-order valence-corrected chi connectivity index (χ3v) is 8.83. The van der Waals surface area contributed by atoms with Crippen LogP contribution in [0.3, 0.4) is 0 Å². The number of carbonyl (C=O) groups excluding carboxylic acids is 2. The Balaban J connectivity index is 1.39. The lowest BCUT2D eigenvalue weighted by atomic mass is 9.95. The fourth-order valence-electron chi connectivity index (χ4n) is 4.50. The molecule has 2 N–H and O–H groups in total. The first-order chi connectivity index (χ1) is 19.4. The second kappa shape index (κ2) is 10.8. The number of aromatic nitrogens is 2. The van der Waals surface area contributed by atoms with E-state index in [4.69, 9.17) is 21.1 Å². The van der Waals surface area contributed by atoms with E-state index in [2.05, 4.69) is 10.2 Å². The van der Waals surface area contributed by atoms with Crippen molar-refractivity contribution in [2.75, 3.05) is 18.1 Å². The number of hydrogen-bond donors (Lipinski definition) is 2. The molecular weight excluding hydrogens is 574 g/mol. The third-order valence-electron chi connectivity index (χ3n) is 6.36. The van der Waals surface area contributed by atoms with Crippen LogP contribution >= 0.6 is 34.7 Å². The molecule has 3 aromatic carbocycles. The van der Waals surface area contributed by atoms with Crippen molar-refractivity contribution in [3.8, 4) is 17.2 Å². The lowest BCUT2D eigenvalue weighted by molar-refractivity contribution is -0.132. The van der Waals surface area contributed by atoms with Gasteiger partial charge in [-0.3, -0.25) is 14.5 Å². The van der Waals surface area contributed by atoms with Gasteiger partial charge in [0.25, 0.3) is 5.78 Å². The predicted octanol–water partition coefficient (Wildman–Crippen LogP) is 5.59. The molecule has 0 unspecified atom stereocenters. The monoisotopic (exact) mass is 593 g/mol. The van der Waals surface area contributed by atoms with Crippen molar-refractivity contribution in [1.29, 1.82) is 0 Å². The van der Waals surface area contributed by atoms with Gasteiger partial charge in [0.2, 0.25) is 5.13 Å². The number of phenolic OH excluding ortho intramolecular Hbond substituents is 1. The van der Waals surface area contributed by atoms with E-state index in [9.17, 15) is 19.8 Å². The average molecular weight is 594 g/mol. The van der Waals surface area contributed by atoms with E-state index in [1.165, 1.54) is 28.8 Å². The van der Waals surface area contributed by atoms with Crippen LogP contribution in [-0.4, -0.2) is 45.3 Å². The first-order valence-electron chi connectivity index (χ1n) is 12.1. The summed E-state index contributed by atoms with van der Waals surface area (Å²) >= 11 is 8.80. The number of fused-ring (bicyclic) bond motifs is 1. The number of ketones is 1. The predicted molar refractivity (Wildman–Crippen MR) is 151 cm³/mol. The summed E-state index contributed by atoms with van der Waals surface area (Å²) in [7, 11) is 0. The highest BCUT2D eigenvalue weighted by molar-refractivity contribution is 8.00. The SMILES string of the molecule is O=C1C(=O)N(c2nnc(SCc3ccccc3Cl)s2)[C@H](c2cccc(O)c2)/C1=C(\O)c1ccc2c(c1)OCCO2. The van der Waals surface area contributed by atoms with Gasteiger partial charge in [-0.1, -0.05) is 65.0 Å². The van der Waals surface area contributed by atoms with Crippen molar-refractivity contribution in [2.45, 2.75) is 16.1 Å². The minimum Gasteiger partial charge on any atom is -0.508 e. The van der Waals surface area contributed by atoms with E-state index in [1.54, 1.807) is 36.4 Å². The van der Waals surface area contributed by atoms with Crippen LogP contribution in [0, 0.1) is 0 Å². The molecule has 0 saturated carbocycles. The molecule has 1 atom stereocenters. The van der Waals surface area contributed by atoms with Crippen LogP contribution in [0.15, 0.2) is 76.6 Å². The maximum absolute atomic E-state index is 13.4. The molecule has 1 amide bonds. The van der Waals surface area contributed by atoms with Crippen LogP contribution in [0.4, 0.5) is 5.13 Å². The summed E-state index contributed by atoms with van der Waals surface area (Å²) < 4.78 is 11.7. The number of carbonyl (C=O) groups is 2. The Morgan fingerprint density at radius 3 is 2.62 bits per heavy atom. The van der Waals surface area contributed by atoms with Gasteiger partial charge < -0.3 is 19.7 Å². The van der Waals surface area contributed by atoms with Gasteiger partial charge in [0.05, 0.1) is 11.6 Å². The number of aliphatic hydroxyl groups excluding tert-OH is 1. The molecule has 3 heterocycles. The largest absolute Gasteiger partial charge is 0.508 e. The van der Waals surface area contributed by atoms with Gasteiger partial charge in [-0.25, -0.2) is 0 Å². The van der Waals surface area contributed by atoms with E-state index in [0.717, 1.165) is 16.9 Å². The summed E-state index contributed by atoms with van der Waals surface area (Å²) in [6.07, 6.45) is 0. The fourth-order valence-corrected chi connectivity index (χ4v) is 6.65. The topological polar surface area (TPSA) is 122 Å². The number of anilines is 1. The smallest absolute Gasteiger partial charge is 0.301 e. The molecule has 9 nitrogen and oxygen atoms in total. The van der Waals surface area contributed by atoms with Gasteiger partial charge >= 0.3 is 5.91 Å². The van der Waals surface area contributed by atoms with Gasteiger partial charge in [0.1, 0.15) is 24.7 Å². The number of nitrogens with zero attached hydrogens (tertiary/aromatic N) is 3. The molecule has 0 radical (unpaired) electrons. The molecule has 0 aliphatic carbocycles. The summed E-state index contributed by atoms with van der Waals surface area (Å²) in [4.78, 5) is 28.1. The number of amides is 1. The summed E-state index contributed by atoms with van der Waals surface area (Å²) in [6.45, 7) is 0.750. The second-order valence-corrected chi connectivity index (χ2v) is 11.4. The maximum Gasteiger partial charge on any atom is 0.301 e. The number of phenols is 1. The van der Waals surface area contributed by atoms with E-state index < -0.39 is 17.7 Å². The molecule has 202 valence electrons. The molecule has 6 rings (SSSR count). The van der Waals surface area contributed by atoms with Gasteiger partial charge in [0.15, 0.2) is 15.8 Å². The number of ether oxygens (including phenoxy) is 2. The highest BCUT2D eigenvalue weighted by atomic mass is 35.5. The van der Waals surface area contributed by atoms with Crippen molar-refractivity contribution in [3.63, 3.8) is 0 Å². The molecule has 2 aliphatic heterocycles. The van der Waals surface area contributed by atoms with Crippen molar-refractivity contribution in [2.24, 2.45) is 0 Å². The summed E-state index contributed by atoms with van der Waals surface area (Å²) in [5, 5.41) is 30.8. The normalized spacial score (nSPS) is 17.8. The van der Waals surface area contributed by atoms with Crippen molar-refractivity contribution in [1.82, 2.24) is 10.2 Å². The number of Topliss-reactive ketones (excluding diaryl/α,β-unsaturated/α-hetero) is 1. The number of aromatic hydroxyl groups is 1. The molecule has 1 saturated heterocycles. The number of rotatable bonds is 6. The zero-order valence-corrected chi connectivity index (χ0v) is 23.0. The number of halogens is 1. The zero-order chi connectivity index (χ0) is 27.8. The third kappa shape index (κ3) is 4.87. The average Bonchev–Trinajstić information content (AvgIpc) is 3.54. The van der Waals surface area contributed by atoms with Crippen LogP contribution in [0.25, 0.3) is 5.76 Å². The Hall–Kier alpha value is -4.06. The van der Waals surface area contributed by atoms with Crippen LogP contribution in [0.5, 0.6) is 17.2 Å². The van der Waals surface area contributed by atoms with Crippen LogP contribution < -0.4 is 14.4 Å². The standard InChI is InChI=1S/C28H20ClN3O6S2/c29-19-7-2-1-4-17(19)14-39-28-31-30-27(40-28)32-23(15-5-3-6-18(33)12-15)22(25(35)26(32)36)24(34)16-8-9-20-21(13-16)38-11-10-37-20/h1-9,12-13,23,33-34H,10-11,14H2/b24-22+/t23-/m1/s1. The zero-order valence-electron chi connectivity index (χ0n) is 20.6. The second-order valence-electron chi connectivity index (χ2n) is 8.85. The molecule has 4 aromatic rings. The lowest BCUT2D eigenvalue weighted by Crippen LogP contribution is -2.29. The molecule has 0 spiro atoms. The maximum atomic E-state index is 13.4. The van der Waals surface area contributed by atoms with Crippen molar-refractivity contribution in [3.05, 3.63) is 94.0 Å². The van der Waals surface area contributed by atoms with Gasteiger partial charge in [0, 0.05) is 16.3 Å². The summed E-state index contributed by atoms with van der Waals surface area (Å²) in [5.41, 5.74) is 1.47. The molecule has 1 aromatic heterocycles. The highest BCUT2D eigenvalue weighted by Crippen LogP contribution is 2.45. The molecule has 1 fully saturated rings. The first-order valence-corrected chi connectivity index (χ1v) is 14.3. The quantitative estimate of drug-likeness (QED) is 0.0968. The van der Waals surface area contributed by atoms with E-state index in [-0.39, 0.29) is 27.8 Å². The lowest BCUT2D eigenvalue weighted by Gasteiger charge is -2.23. The molecule has 40 heavy (non-hydrogen) atoms. The van der Waals surface area contributed by atoms with Gasteiger partial charge in [-0.2, -0.15) is 0 Å². The fraction of sp³-hybridized carbons (Fsp3) is 0.143. The molecule has 12 heteroatoms. The Bertz CT molecular complexity index is 1670. The number of aliphatic hydroxyl groups is 1. The summed E-state index contributed by atoms with van der Waals surface area (Å²) in [5.74, 6) is -0.731. The molecule has 0 bridgehead atoms. The summed E-state index contributed by atoms with van der Waals surface area (Å²) in [6, 6.07) is 17.4. The Morgan fingerprint density at radius 1 is 1.02 bits per heavy atom. The van der Waals surface area contributed by atoms with Crippen LogP contribution in [0.2, 0.25) is 5.02 Å². The molecular formula is C28H20ClN3O6S2. The van der Waals surface area contributed by atoms with Crippen LogP contribution in [-0.2, 0) is 15.3 Å². The minimum absolute atomic E-state index is 0.0596. The van der Waals surface area contributed by atoms with E-state index >= 15 is 0 Å². The molecule has 2 aliphatic rings. The van der Waals surface area contributed by atoms with Crippen molar-refractivity contribution < 1.29 is 29.3 Å². The highest BCUT2D eigenvalue weighted by Gasteiger charge is 2.48. The first kappa shape index (κ1) is 26.2. The van der Waals surface area contributed by atoms with Crippen LogP contribution in [0.1, 0.15) is 22.7 Å². The van der Waals surface area contributed by atoms with Gasteiger partial charge in [-0.05, 0) is 47.5 Å². The number of benzene rings is 3. The van der Waals surface area contributed by atoms with Gasteiger partial charge in [-0.15, -0.1) is 10.2 Å². The van der Waals surface area contributed by atoms with E-state index in [0.29, 0.717) is 45.4 Å². The van der Waals surface area contributed by atoms with Crippen molar-refractivity contribution >= 4 is 57.3 Å². The Kier molecular flexibility index (Phi) is 7.09.